The van der Waals surface area contributed by atoms with Crippen LogP contribution in [0.2, 0.25) is 0 Å². The van der Waals surface area contributed by atoms with Gasteiger partial charge in [0, 0.05) is 10.4 Å². The molecule has 2 fully saturated rings. The lowest BCUT2D eigenvalue weighted by Crippen LogP contribution is -2.32. The van der Waals surface area contributed by atoms with Crippen LogP contribution >= 0.6 is 11.3 Å². The van der Waals surface area contributed by atoms with E-state index in [1.54, 1.807) is 24.3 Å². The van der Waals surface area contributed by atoms with E-state index in [-0.39, 0.29) is 41.4 Å². The average Bonchev–Trinajstić information content (AvgIpc) is 3.55. The molecular weight excluding hydrogens is 422 g/mol. The predicted molar refractivity (Wildman–Crippen MR) is 120 cm³/mol. The van der Waals surface area contributed by atoms with Crippen molar-refractivity contribution in [2.45, 2.75) is 32.1 Å². The number of carbonyl (C=O) groups is 3. The molecule has 7 heteroatoms. The molecule has 2 bridgehead atoms. The van der Waals surface area contributed by atoms with Crippen LogP contribution in [0.25, 0.3) is 0 Å². The zero-order valence-corrected chi connectivity index (χ0v) is 18.2. The summed E-state index contributed by atoms with van der Waals surface area (Å²) in [7, 11) is 0. The monoisotopic (exact) mass is 443 g/mol. The van der Waals surface area contributed by atoms with Gasteiger partial charge in [0.05, 0.1) is 23.1 Å². The number of thiophene rings is 1. The summed E-state index contributed by atoms with van der Waals surface area (Å²) >= 11 is 1.49. The Bertz CT molecular complexity index is 1210. The predicted octanol–water partition coefficient (Wildman–Crippen LogP) is 4.06. The molecule has 1 aromatic carbocycles. The molecule has 2 heterocycles. The Morgan fingerprint density at radius 2 is 1.69 bits per heavy atom. The summed E-state index contributed by atoms with van der Waals surface area (Å²) in [5.41, 5.74) is 2.59. The molecule has 6 nitrogen and oxygen atoms in total. The van der Waals surface area contributed by atoms with E-state index in [0.29, 0.717) is 21.8 Å². The first kappa shape index (κ1) is 19.4. The number of nitrogens with zero attached hydrogens (tertiary/aromatic N) is 2. The Kier molecular flexibility index (Phi) is 4.34. The van der Waals surface area contributed by atoms with Crippen molar-refractivity contribution in [1.82, 2.24) is 0 Å². The quantitative estimate of drug-likeness (QED) is 0.572. The van der Waals surface area contributed by atoms with Gasteiger partial charge in [-0.05, 0) is 73.8 Å². The number of aryl methyl sites for hydroxylation is 1. The van der Waals surface area contributed by atoms with Gasteiger partial charge in [0.25, 0.3) is 5.91 Å². The fraction of sp³-hybridized carbons (Fsp3) is 0.360. The first-order valence-corrected chi connectivity index (χ1v) is 11.9. The number of amides is 3. The van der Waals surface area contributed by atoms with Crippen LogP contribution in [-0.4, -0.2) is 17.7 Å². The van der Waals surface area contributed by atoms with E-state index >= 15 is 0 Å². The number of benzene rings is 1. The van der Waals surface area contributed by atoms with E-state index in [4.69, 9.17) is 0 Å². The van der Waals surface area contributed by atoms with Gasteiger partial charge in [-0.1, -0.05) is 12.2 Å². The zero-order valence-electron chi connectivity index (χ0n) is 17.3. The third-order valence-corrected chi connectivity index (χ3v) is 8.58. The number of rotatable bonds is 3. The topological polar surface area (TPSA) is 90.3 Å². The van der Waals surface area contributed by atoms with Gasteiger partial charge in [-0.15, -0.1) is 11.3 Å². The molecule has 3 aliphatic carbocycles. The maximum Gasteiger partial charge on any atom is 0.256 e. The van der Waals surface area contributed by atoms with Gasteiger partial charge in [-0.3, -0.25) is 19.3 Å². The minimum absolute atomic E-state index is 0.128. The van der Waals surface area contributed by atoms with E-state index < -0.39 is 0 Å². The number of nitrogens with one attached hydrogen (secondary N) is 1. The van der Waals surface area contributed by atoms with E-state index in [1.165, 1.54) is 21.1 Å². The first-order chi connectivity index (χ1) is 15.6. The van der Waals surface area contributed by atoms with Gasteiger partial charge in [-0.2, -0.15) is 5.26 Å². The lowest BCUT2D eigenvalue weighted by Gasteiger charge is -2.17. The van der Waals surface area contributed by atoms with Crippen molar-refractivity contribution in [2.24, 2.45) is 23.7 Å². The fourth-order valence-electron chi connectivity index (χ4n) is 5.87. The first-order valence-electron chi connectivity index (χ1n) is 11.1. The van der Waals surface area contributed by atoms with Crippen LogP contribution in [0.3, 0.4) is 0 Å². The van der Waals surface area contributed by atoms with E-state index in [1.807, 2.05) is 0 Å². The van der Waals surface area contributed by atoms with Crippen molar-refractivity contribution in [2.75, 3.05) is 10.2 Å². The molecule has 4 aliphatic rings. The molecule has 4 unspecified atom stereocenters. The summed E-state index contributed by atoms with van der Waals surface area (Å²) < 4.78 is 0. The number of allylic oxidation sites excluding steroid dienone is 2. The second kappa shape index (κ2) is 7.14. The summed E-state index contributed by atoms with van der Waals surface area (Å²) in [6.45, 7) is 0. The number of nitriles is 1. The molecule has 0 radical (unpaired) electrons. The largest absolute Gasteiger partial charge is 0.312 e. The highest BCUT2D eigenvalue weighted by atomic mass is 32.1. The molecule has 1 saturated heterocycles. The van der Waals surface area contributed by atoms with Crippen molar-refractivity contribution in [3.8, 4) is 6.07 Å². The van der Waals surface area contributed by atoms with Crippen molar-refractivity contribution >= 4 is 39.7 Å². The van der Waals surface area contributed by atoms with Gasteiger partial charge >= 0.3 is 0 Å². The van der Waals surface area contributed by atoms with Crippen molar-refractivity contribution < 1.29 is 14.4 Å². The molecule has 1 aromatic heterocycles. The van der Waals surface area contributed by atoms with Gasteiger partial charge in [0.2, 0.25) is 11.8 Å². The summed E-state index contributed by atoms with van der Waals surface area (Å²) in [5, 5.41) is 13.1. The molecule has 160 valence electrons. The van der Waals surface area contributed by atoms with Gasteiger partial charge in [-0.25, -0.2) is 0 Å². The second-order valence-corrected chi connectivity index (χ2v) is 10.1. The smallest absolute Gasteiger partial charge is 0.256 e. The summed E-state index contributed by atoms with van der Waals surface area (Å²) in [5.74, 6) is -0.701. The SMILES string of the molecule is N#Cc1c(NC(=O)c2ccc(N3C(=O)C4C5C=CC(C5)C4C3=O)cc2)sc2c1CCCC2. The Labute approximate surface area is 189 Å². The number of carbonyl (C=O) groups excluding carboxylic acids is 3. The minimum Gasteiger partial charge on any atom is -0.312 e. The van der Waals surface area contributed by atoms with Gasteiger partial charge in [0.1, 0.15) is 11.1 Å². The molecule has 32 heavy (non-hydrogen) atoms. The molecule has 6 rings (SSSR count). The summed E-state index contributed by atoms with van der Waals surface area (Å²) in [4.78, 5) is 41.3. The average molecular weight is 444 g/mol. The number of anilines is 2. The van der Waals surface area contributed by atoms with Crippen LogP contribution in [-0.2, 0) is 22.4 Å². The highest BCUT2D eigenvalue weighted by Crippen LogP contribution is 2.53. The summed E-state index contributed by atoms with van der Waals surface area (Å²) in [6.07, 6.45) is 9.07. The van der Waals surface area contributed by atoms with E-state index in [9.17, 15) is 19.6 Å². The van der Waals surface area contributed by atoms with Crippen LogP contribution in [0.4, 0.5) is 10.7 Å². The molecule has 2 aromatic rings. The maximum absolute atomic E-state index is 13.0. The highest BCUT2D eigenvalue weighted by Gasteiger charge is 2.59. The zero-order chi connectivity index (χ0) is 22.0. The molecule has 1 saturated carbocycles. The van der Waals surface area contributed by atoms with Crippen LogP contribution in [0.1, 0.15) is 45.6 Å². The number of hydrogen-bond acceptors (Lipinski definition) is 5. The minimum atomic E-state index is -0.301. The molecule has 0 spiro atoms. The highest BCUT2D eigenvalue weighted by molar-refractivity contribution is 7.16. The molecule has 1 aliphatic heterocycles. The van der Waals surface area contributed by atoms with Crippen molar-refractivity contribution in [3.63, 3.8) is 0 Å². The Balaban J connectivity index is 1.22. The standard InChI is InChI=1S/C25H21N3O3S/c26-12-18-17-3-1-2-4-19(17)32-23(18)27-22(29)13-7-9-16(10-8-13)28-24(30)20-14-5-6-15(11-14)21(20)25(28)31/h5-10,14-15,20-21H,1-4,11H2,(H,27,29). The van der Waals surface area contributed by atoms with E-state index in [0.717, 1.165) is 37.7 Å². The third-order valence-electron chi connectivity index (χ3n) is 7.37. The number of hydrogen-bond donors (Lipinski definition) is 1. The molecular formula is C25H21N3O3S. The normalized spacial score (nSPS) is 27.4. The second-order valence-electron chi connectivity index (χ2n) is 9.04. The Hall–Kier alpha value is -3.24. The van der Waals surface area contributed by atoms with Crippen LogP contribution in [0.15, 0.2) is 36.4 Å². The third kappa shape index (κ3) is 2.72. The van der Waals surface area contributed by atoms with E-state index in [2.05, 4.69) is 23.5 Å². The van der Waals surface area contributed by atoms with Crippen molar-refractivity contribution in [3.05, 3.63) is 58.0 Å². The van der Waals surface area contributed by atoms with Gasteiger partial charge < -0.3 is 5.32 Å². The molecule has 3 amide bonds. The van der Waals surface area contributed by atoms with Crippen LogP contribution in [0.5, 0.6) is 0 Å². The Morgan fingerprint density at radius 1 is 1.03 bits per heavy atom. The lowest BCUT2D eigenvalue weighted by atomic mass is 9.85. The Morgan fingerprint density at radius 3 is 2.34 bits per heavy atom. The van der Waals surface area contributed by atoms with Crippen molar-refractivity contribution in [1.29, 1.82) is 5.26 Å². The fourth-order valence-corrected chi connectivity index (χ4v) is 7.10. The molecule has 1 N–H and O–H groups in total. The maximum atomic E-state index is 13.0. The summed E-state index contributed by atoms with van der Waals surface area (Å²) in [6, 6.07) is 8.84. The number of fused-ring (bicyclic) bond motifs is 6. The number of imide groups is 1. The van der Waals surface area contributed by atoms with Gasteiger partial charge in [0.15, 0.2) is 0 Å². The van der Waals surface area contributed by atoms with Crippen LogP contribution in [0, 0.1) is 35.0 Å². The van der Waals surface area contributed by atoms with Crippen LogP contribution < -0.4 is 10.2 Å². The molecule has 4 atom stereocenters. The lowest BCUT2D eigenvalue weighted by molar-refractivity contribution is -0.123.